The van der Waals surface area contributed by atoms with E-state index in [1.165, 1.54) is 0 Å². The fraction of sp³-hybridized carbons (Fsp3) is 0.636. The van der Waals surface area contributed by atoms with E-state index in [2.05, 4.69) is 39.8 Å². The van der Waals surface area contributed by atoms with Crippen LogP contribution in [0, 0.1) is 6.92 Å². The van der Waals surface area contributed by atoms with E-state index in [0.717, 1.165) is 30.5 Å². The number of anilines is 2. The van der Waals surface area contributed by atoms with Crippen molar-refractivity contribution < 1.29 is 0 Å². The third-order valence-corrected chi connectivity index (χ3v) is 2.41. The summed E-state index contributed by atoms with van der Waals surface area (Å²) in [6.45, 7) is 8.13. The Balaban J connectivity index is 2.08. The van der Waals surface area contributed by atoms with Crippen LogP contribution in [0.25, 0.3) is 0 Å². The summed E-state index contributed by atoms with van der Waals surface area (Å²) in [5, 5.41) is 9.89. The van der Waals surface area contributed by atoms with Gasteiger partial charge in [0.2, 0.25) is 0 Å². The van der Waals surface area contributed by atoms with Crippen molar-refractivity contribution in [3.8, 4) is 0 Å². The van der Waals surface area contributed by atoms with E-state index >= 15 is 0 Å². The smallest absolute Gasteiger partial charge is 0.132 e. The summed E-state index contributed by atoms with van der Waals surface area (Å²) in [5.41, 5.74) is 0. The third kappa shape index (κ3) is 2.82. The molecule has 1 aliphatic heterocycles. The Hall–Kier alpha value is -1.36. The normalized spacial score (nSPS) is 16.0. The summed E-state index contributed by atoms with van der Waals surface area (Å²) in [7, 11) is 0. The Kier molecular flexibility index (Phi) is 3.24. The van der Waals surface area contributed by atoms with Gasteiger partial charge in [0.25, 0.3) is 0 Å². The van der Waals surface area contributed by atoms with Gasteiger partial charge in [0.05, 0.1) is 6.04 Å². The number of hydrogen-bond acceptors (Lipinski definition) is 5. The summed E-state index contributed by atoms with van der Waals surface area (Å²) in [4.78, 5) is 8.72. The van der Waals surface area contributed by atoms with Crippen LogP contribution in [0.3, 0.4) is 0 Å². The van der Waals surface area contributed by atoms with Crippen molar-refractivity contribution >= 4 is 11.6 Å². The van der Waals surface area contributed by atoms with Gasteiger partial charge in [0.1, 0.15) is 17.5 Å². The van der Waals surface area contributed by atoms with Crippen LogP contribution in [-0.4, -0.2) is 35.1 Å². The lowest BCUT2D eigenvalue weighted by Crippen LogP contribution is -2.51. The quantitative estimate of drug-likeness (QED) is 0.707. The standard InChI is InChI=1S/C11H19N5/c1-7(2)13-10-4-11(15-8(3)14-10)16-9-5-12-6-9/h4,7,9,12H,5-6H2,1-3H3,(H2,13,14,15,16). The maximum atomic E-state index is 4.37. The third-order valence-electron chi connectivity index (χ3n) is 2.41. The molecule has 0 spiro atoms. The van der Waals surface area contributed by atoms with Crippen LogP contribution in [0.15, 0.2) is 6.07 Å². The van der Waals surface area contributed by atoms with Crippen molar-refractivity contribution in [3.63, 3.8) is 0 Å². The van der Waals surface area contributed by atoms with E-state index in [1.54, 1.807) is 0 Å². The van der Waals surface area contributed by atoms with Crippen molar-refractivity contribution in [2.24, 2.45) is 0 Å². The van der Waals surface area contributed by atoms with E-state index in [-0.39, 0.29) is 0 Å². The van der Waals surface area contributed by atoms with Crippen molar-refractivity contribution in [1.82, 2.24) is 15.3 Å². The molecule has 1 aromatic rings. The van der Waals surface area contributed by atoms with Gasteiger partial charge in [-0.15, -0.1) is 0 Å². The molecule has 0 aromatic carbocycles. The highest BCUT2D eigenvalue weighted by molar-refractivity contribution is 5.48. The molecule has 1 fully saturated rings. The first-order valence-electron chi connectivity index (χ1n) is 5.73. The minimum Gasteiger partial charge on any atom is -0.368 e. The molecular weight excluding hydrogens is 202 g/mol. The Morgan fingerprint density at radius 3 is 2.56 bits per heavy atom. The second kappa shape index (κ2) is 4.65. The molecule has 1 aromatic heterocycles. The lowest BCUT2D eigenvalue weighted by Gasteiger charge is -2.28. The predicted molar refractivity (Wildman–Crippen MR) is 65.8 cm³/mol. The molecule has 0 unspecified atom stereocenters. The first-order valence-corrected chi connectivity index (χ1v) is 5.73. The topological polar surface area (TPSA) is 61.9 Å². The summed E-state index contributed by atoms with van der Waals surface area (Å²) in [6, 6.07) is 2.85. The number of nitrogens with one attached hydrogen (secondary N) is 3. The van der Waals surface area contributed by atoms with Crippen molar-refractivity contribution in [2.45, 2.75) is 32.9 Å². The summed E-state index contributed by atoms with van der Waals surface area (Å²) < 4.78 is 0. The Morgan fingerprint density at radius 2 is 2.00 bits per heavy atom. The van der Waals surface area contributed by atoms with Crippen molar-refractivity contribution in [1.29, 1.82) is 0 Å². The van der Waals surface area contributed by atoms with Gasteiger partial charge in [-0.25, -0.2) is 9.97 Å². The summed E-state index contributed by atoms with van der Waals surface area (Å²) >= 11 is 0. The van der Waals surface area contributed by atoms with Crippen LogP contribution in [0.4, 0.5) is 11.6 Å². The van der Waals surface area contributed by atoms with Gasteiger partial charge >= 0.3 is 0 Å². The molecule has 16 heavy (non-hydrogen) atoms. The van der Waals surface area contributed by atoms with Crippen molar-refractivity contribution in [2.75, 3.05) is 23.7 Å². The highest BCUT2D eigenvalue weighted by atomic mass is 15.1. The van der Waals surface area contributed by atoms with Gasteiger partial charge in [0, 0.05) is 25.2 Å². The van der Waals surface area contributed by atoms with Crippen LogP contribution in [0.1, 0.15) is 19.7 Å². The highest BCUT2D eigenvalue weighted by Crippen LogP contribution is 2.13. The lowest BCUT2D eigenvalue weighted by molar-refractivity contribution is 0.471. The SMILES string of the molecule is Cc1nc(NC(C)C)cc(NC2CNC2)n1. The van der Waals surface area contributed by atoms with Gasteiger partial charge in [-0.2, -0.15) is 0 Å². The Bertz CT molecular complexity index is 359. The molecule has 0 amide bonds. The monoisotopic (exact) mass is 221 g/mol. The number of aromatic nitrogens is 2. The molecule has 1 aliphatic rings. The molecule has 1 saturated heterocycles. The average Bonchev–Trinajstić information content (AvgIpc) is 2.09. The van der Waals surface area contributed by atoms with Crippen LogP contribution >= 0.6 is 0 Å². The first-order chi connectivity index (χ1) is 7.63. The molecule has 0 aliphatic carbocycles. The summed E-state index contributed by atoms with van der Waals surface area (Å²) in [5.74, 6) is 2.58. The highest BCUT2D eigenvalue weighted by Gasteiger charge is 2.16. The zero-order valence-electron chi connectivity index (χ0n) is 10.0. The number of nitrogens with zero attached hydrogens (tertiary/aromatic N) is 2. The molecular formula is C11H19N5. The first kappa shape index (κ1) is 11.1. The number of hydrogen-bond donors (Lipinski definition) is 3. The maximum Gasteiger partial charge on any atom is 0.132 e. The van der Waals surface area contributed by atoms with E-state index in [0.29, 0.717) is 12.1 Å². The minimum absolute atomic E-state index is 0.382. The molecule has 2 rings (SSSR count). The molecule has 88 valence electrons. The van der Waals surface area contributed by atoms with Crippen LogP contribution in [0.5, 0.6) is 0 Å². The van der Waals surface area contributed by atoms with Crippen LogP contribution in [0.2, 0.25) is 0 Å². The number of aryl methyl sites for hydroxylation is 1. The second-order valence-electron chi connectivity index (χ2n) is 4.48. The van der Waals surface area contributed by atoms with E-state index in [9.17, 15) is 0 Å². The molecule has 5 heteroatoms. The van der Waals surface area contributed by atoms with Gasteiger partial charge < -0.3 is 16.0 Å². The summed E-state index contributed by atoms with van der Waals surface area (Å²) in [6.07, 6.45) is 0. The predicted octanol–water partition coefficient (Wildman–Crippen LogP) is 0.989. The zero-order chi connectivity index (χ0) is 11.5. The van der Waals surface area contributed by atoms with Crippen LogP contribution < -0.4 is 16.0 Å². The lowest BCUT2D eigenvalue weighted by atomic mass is 10.2. The fourth-order valence-corrected chi connectivity index (χ4v) is 1.61. The molecule has 3 N–H and O–H groups in total. The Morgan fingerprint density at radius 1 is 1.31 bits per heavy atom. The molecule has 5 nitrogen and oxygen atoms in total. The second-order valence-corrected chi connectivity index (χ2v) is 4.48. The van der Waals surface area contributed by atoms with Gasteiger partial charge in [0.15, 0.2) is 0 Å². The Labute approximate surface area is 96.1 Å². The average molecular weight is 221 g/mol. The minimum atomic E-state index is 0.382. The van der Waals surface area contributed by atoms with Gasteiger partial charge in [-0.3, -0.25) is 0 Å². The molecule has 0 atom stereocenters. The fourth-order valence-electron chi connectivity index (χ4n) is 1.61. The maximum absolute atomic E-state index is 4.37. The molecule has 0 radical (unpaired) electrons. The number of rotatable bonds is 4. The van der Waals surface area contributed by atoms with Gasteiger partial charge in [-0.05, 0) is 20.8 Å². The molecule has 0 bridgehead atoms. The van der Waals surface area contributed by atoms with Crippen molar-refractivity contribution in [3.05, 3.63) is 11.9 Å². The molecule has 2 heterocycles. The largest absolute Gasteiger partial charge is 0.368 e. The van der Waals surface area contributed by atoms with Crippen LogP contribution in [-0.2, 0) is 0 Å². The van der Waals surface area contributed by atoms with E-state index in [1.807, 2.05) is 13.0 Å². The van der Waals surface area contributed by atoms with E-state index in [4.69, 9.17) is 0 Å². The van der Waals surface area contributed by atoms with Gasteiger partial charge in [-0.1, -0.05) is 0 Å². The zero-order valence-corrected chi connectivity index (χ0v) is 10.0. The molecule has 0 saturated carbocycles. The van der Waals surface area contributed by atoms with E-state index < -0.39 is 0 Å².